The van der Waals surface area contributed by atoms with Gasteiger partial charge in [-0.3, -0.25) is 0 Å². The smallest absolute Gasteiger partial charge is 0.213 e. The summed E-state index contributed by atoms with van der Waals surface area (Å²) in [6.07, 6.45) is 0. The number of rotatable bonds is 8. The Kier molecular flexibility index (Phi) is 7.43. The normalized spacial score (nSPS) is 12.0. The van der Waals surface area contributed by atoms with Gasteiger partial charge in [0.15, 0.2) is 0 Å². The van der Waals surface area contributed by atoms with E-state index in [0.717, 1.165) is 12.3 Å². The van der Waals surface area contributed by atoms with Gasteiger partial charge in [-0.05, 0) is 32.8 Å². The first kappa shape index (κ1) is 18.2. The van der Waals surface area contributed by atoms with Crippen LogP contribution >= 0.6 is 11.6 Å². The van der Waals surface area contributed by atoms with E-state index in [0.29, 0.717) is 36.6 Å². The van der Waals surface area contributed by atoms with Gasteiger partial charge in [-0.15, -0.1) is 0 Å². The molecule has 0 radical (unpaired) electrons. The van der Waals surface area contributed by atoms with Gasteiger partial charge in [0.2, 0.25) is 5.88 Å². The van der Waals surface area contributed by atoms with Crippen LogP contribution in [0.2, 0.25) is 5.02 Å². The van der Waals surface area contributed by atoms with Crippen LogP contribution in [0.25, 0.3) is 0 Å². The Bertz CT molecular complexity index is 431. The quantitative estimate of drug-likeness (QED) is 0.743. The Balaban J connectivity index is 2.45. The Hall–Kier alpha value is -0.840. The fourth-order valence-corrected chi connectivity index (χ4v) is 1.71. The maximum absolute atomic E-state index is 6.16. The van der Waals surface area contributed by atoms with Gasteiger partial charge in [0.05, 0.1) is 17.3 Å². The summed E-state index contributed by atoms with van der Waals surface area (Å²) < 4.78 is 11.1. The van der Waals surface area contributed by atoms with Gasteiger partial charge in [-0.1, -0.05) is 25.4 Å². The van der Waals surface area contributed by atoms with E-state index in [2.05, 4.69) is 44.9 Å². The fraction of sp³-hybridized carbons (Fsp3) is 0.688. The molecule has 0 aliphatic rings. The Morgan fingerprint density at radius 2 is 1.95 bits per heavy atom. The summed E-state index contributed by atoms with van der Waals surface area (Å²) in [6.45, 7) is 13.0. The molecule has 4 nitrogen and oxygen atoms in total. The van der Waals surface area contributed by atoms with Crippen molar-refractivity contribution in [2.75, 3.05) is 19.8 Å². The summed E-state index contributed by atoms with van der Waals surface area (Å²) in [6, 6.07) is 3.60. The Morgan fingerprint density at radius 1 is 1.24 bits per heavy atom. The third-order valence-electron chi connectivity index (χ3n) is 2.61. The van der Waals surface area contributed by atoms with Crippen molar-refractivity contribution in [3.05, 3.63) is 22.8 Å². The molecule has 0 unspecified atom stereocenters. The standard InChI is InChI=1S/C16H27ClN2O2/c1-12(2)11-20-8-9-21-15-7-6-13(17)14(19-15)10-18-16(3,4)5/h6-7,12,18H,8-11H2,1-5H3. The third-order valence-corrected chi connectivity index (χ3v) is 2.95. The second kappa shape index (κ2) is 8.57. The average Bonchev–Trinajstić information content (AvgIpc) is 2.37. The zero-order valence-electron chi connectivity index (χ0n) is 13.7. The number of aromatic nitrogens is 1. The van der Waals surface area contributed by atoms with Gasteiger partial charge in [-0.2, -0.15) is 0 Å². The van der Waals surface area contributed by atoms with Gasteiger partial charge in [0, 0.05) is 24.8 Å². The van der Waals surface area contributed by atoms with E-state index in [1.54, 1.807) is 6.07 Å². The van der Waals surface area contributed by atoms with Crippen molar-refractivity contribution in [1.82, 2.24) is 10.3 Å². The summed E-state index contributed by atoms with van der Waals surface area (Å²) in [5.41, 5.74) is 0.819. The minimum absolute atomic E-state index is 0.0204. The molecule has 5 heteroatoms. The lowest BCUT2D eigenvalue weighted by Crippen LogP contribution is -2.35. The number of nitrogens with zero attached hydrogens (tertiary/aromatic N) is 1. The highest BCUT2D eigenvalue weighted by Crippen LogP contribution is 2.18. The van der Waals surface area contributed by atoms with E-state index in [-0.39, 0.29) is 5.54 Å². The summed E-state index contributed by atoms with van der Waals surface area (Å²) in [5.74, 6) is 1.12. The molecule has 1 heterocycles. The van der Waals surface area contributed by atoms with Crippen LogP contribution in [0.1, 0.15) is 40.3 Å². The number of nitrogens with one attached hydrogen (secondary N) is 1. The van der Waals surface area contributed by atoms with Gasteiger partial charge in [-0.25, -0.2) is 4.98 Å². The van der Waals surface area contributed by atoms with Gasteiger partial charge < -0.3 is 14.8 Å². The predicted molar refractivity (Wildman–Crippen MR) is 87.0 cm³/mol. The topological polar surface area (TPSA) is 43.4 Å². The summed E-state index contributed by atoms with van der Waals surface area (Å²) in [4.78, 5) is 4.44. The fourth-order valence-electron chi connectivity index (χ4n) is 1.54. The van der Waals surface area contributed by atoms with Crippen molar-refractivity contribution in [2.45, 2.75) is 46.7 Å². The maximum atomic E-state index is 6.16. The van der Waals surface area contributed by atoms with Crippen LogP contribution in [-0.2, 0) is 11.3 Å². The second-order valence-corrected chi connectivity index (χ2v) is 6.91. The molecule has 21 heavy (non-hydrogen) atoms. The number of halogens is 1. The molecule has 0 amide bonds. The molecule has 1 aromatic heterocycles. The van der Waals surface area contributed by atoms with Crippen LogP contribution < -0.4 is 10.1 Å². The summed E-state index contributed by atoms with van der Waals surface area (Å²) in [5, 5.41) is 4.02. The molecule has 0 saturated heterocycles. The first-order valence-electron chi connectivity index (χ1n) is 7.39. The molecule has 1 aromatic rings. The van der Waals surface area contributed by atoms with Crippen molar-refractivity contribution in [3.63, 3.8) is 0 Å². The zero-order chi connectivity index (χ0) is 15.9. The second-order valence-electron chi connectivity index (χ2n) is 6.50. The number of hydrogen-bond donors (Lipinski definition) is 1. The van der Waals surface area contributed by atoms with E-state index in [1.807, 2.05) is 6.07 Å². The monoisotopic (exact) mass is 314 g/mol. The lowest BCUT2D eigenvalue weighted by atomic mass is 10.1. The maximum Gasteiger partial charge on any atom is 0.213 e. The van der Waals surface area contributed by atoms with Gasteiger partial charge in [0.1, 0.15) is 6.61 Å². The average molecular weight is 315 g/mol. The summed E-state index contributed by atoms with van der Waals surface area (Å²) >= 11 is 6.16. The van der Waals surface area contributed by atoms with Crippen molar-refractivity contribution in [2.24, 2.45) is 5.92 Å². The Labute approximate surface area is 133 Å². The van der Waals surface area contributed by atoms with Gasteiger partial charge in [0.25, 0.3) is 0 Å². The number of ether oxygens (including phenoxy) is 2. The zero-order valence-corrected chi connectivity index (χ0v) is 14.5. The minimum Gasteiger partial charge on any atom is -0.475 e. The first-order valence-corrected chi connectivity index (χ1v) is 7.77. The lowest BCUT2D eigenvalue weighted by Gasteiger charge is -2.20. The minimum atomic E-state index is 0.0204. The van der Waals surface area contributed by atoms with E-state index in [4.69, 9.17) is 21.1 Å². The SMILES string of the molecule is CC(C)COCCOc1ccc(Cl)c(CNC(C)(C)C)n1. The van der Waals surface area contributed by atoms with E-state index >= 15 is 0 Å². The largest absolute Gasteiger partial charge is 0.475 e. The molecule has 1 rings (SSSR count). The highest BCUT2D eigenvalue weighted by molar-refractivity contribution is 6.31. The van der Waals surface area contributed by atoms with Crippen LogP contribution in [0.3, 0.4) is 0 Å². The summed E-state index contributed by atoms with van der Waals surface area (Å²) in [7, 11) is 0. The molecule has 0 fully saturated rings. The van der Waals surface area contributed by atoms with Crippen molar-refractivity contribution in [3.8, 4) is 5.88 Å². The van der Waals surface area contributed by atoms with Crippen LogP contribution in [0, 0.1) is 5.92 Å². The number of hydrogen-bond acceptors (Lipinski definition) is 4. The van der Waals surface area contributed by atoms with E-state index in [1.165, 1.54) is 0 Å². The molecule has 0 saturated carbocycles. The molecule has 1 N–H and O–H groups in total. The van der Waals surface area contributed by atoms with Crippen molar-refractivity contribution >= 4 is 11.6 Å². The molecule has 0 atom stereocenters. The van der Waals surface area contributed by atoms with Crippen LogP contribution in [0.15, 0.2) is 12.1 Å². The van der Waals surface area contributed by atoms with Crippen LogP contribution in [0.4, 0.5) is 0 Å². The molecule has 0 bridgehead atoms. The molecular weight excluding hydrogens is 288 g/mol. The van der Waals surface area contributed by atoms with Gasteiger partial charge >= 0.3 is 0 Å². The predicted octanol–water partition coefficient (Wildman–Crippen LogP) is 3.67. The van der Waals surface area contributed by atoms with E-state index < -0.39 is 0 Å². The first-order chi connectivity index (χ1) is 9.78. The molecule has 0 aliphatic heterocycles. The van der Waals surface area contributed by atoms with Crippen LogP contribution in [-0.4, -0.2) is 30.3 Å². The molecule has 0 aromatic carbocycles. The highest BCUT2D eigenvalue weighted by atomic mass is 35.5. The molecule has 0 aliphatic carbocycles. The Morgan fingerprint density at radius 3 is 2.57 bits per heavy atom. The van der Waals surface area contributed by atoms with Crippen molar-refractivity contribution in [1.29, 1.82) is 0 Å². The third kappa shape index (κ3) is 8.24. The van der Waals surface area contributed by atoms with Crippen LogP contribution in [0.5, 0.6) is 5.88 Å². The number of pyridine rings is 1. The lowest BCUT2D eigenvalue weighted by molar-refractivity contribution is 0.0805. The highest BCUT2D eigenvalue weighted by Gasteiger charge is 2.11. The van der Waals surface area contributed by atoms with E-state index in [9.17, 15) is 0 Å². The molecule has 120 valence electrons. The molecular formula is C16H27ClN2O2. The van der Waals surface area contributed by atoms with Crippen molar-refractivity contribution < 1.29 is 9.47 Å². The molecule has 0 spiro atoms.